The molecule has 0 radical (unpaired) electrons. The second-order valence-electron chi connectivity index (χ2n) is 8.45. The molecule has 1 aliphatic rings. The molecule has 0 unspecified atom stereocenters. The lowest BCUT2D eigenvalue weighted by Crippen LogP contribution is -2.06. The van der Waals surface area contributed by atoms with Crippen molar-refractivity contribution < 1.29 is 13.2 Å². The maximum Gasteiger partial charge on any atom is 0.416 e. The van der Waals surface area contributed by atoms with Crippen molar-refractivity contribution in [3.8, 4) is 11.1 Å². The van der Waals surface area contributed by atoms with E-state index in [1.165, 1.54) is 12.1 Å². The molecule has 0 saturated heterocycles. The van der Waals surface area contributed by atoms with Crippen LogP contribution in [-0.2, 0) is 6.18 Å². The van der Waals surface area contributed by atoms with Crippen LogP contribution in [-0.4, -0.2) is 0 Å². The van der Waals surface area contributed by atoms with Crippen LogP contribution in [0.4, 0.5) is 13.2 Å². The lowest BCUT2D eigenvalue weighted by Gasteiger charge is -2.19. The van der Waals surface area contributed by atoms with E-state index in [4.69, 9.17) is 0 Å². The summed E-state index contributed by atoms with van der Waals surface area (Å²) in [4.78, 5) is 0. The number of alkyl halides is 3. The molecule has 164 valence electrons. The molecule has 0 amide bonds. The minimum absolute atomic E-state index is 0.587. The molecule has 0 heterocycles. The van der Waals surface area contributed by atoms with Gasteiger partial charge in [-0.05, 0) is 67.4 Å². The maximum absolute atomic E-state index is 13.9. The highest BCUT2D eigenvalue weighted by Crippen LogP contribution is 2.49. The highest BCUT2D eigenvalue weighted by atomic mass is 19.4. The average Bonchev–Trinajstić information content (AvgIpc) is 2.99. The normalized spacial score (nSPS) is 13.0. The third-order valence-corrected chi connectivity index (χ3v) is 6.46. The fraction of sp³-hybridized carbons (Fsp3) is 0.0323. The monoisotopic (exact) mass is 448 g/mol. The van der Waals surface area contributed by atoms with Gasteiger partial charge in [-0.15, -0.1) is 0 Å². The zero-order valence-corrected chi connectivity index (χ0v) is 18.1. The van der Waals surface area contributed by atoms with E-state index in [0.717, 1.165) is 49.7 Å². The van der Waals surface area contributed by atoms with Gasteiger partial charge in [0.2, 0.25) is 0 Å². The van der Waals surface area contributed by atoms with Crippen LogP contribution < -0.4 is 0 Å². The highest BCUT2D eigenvalue weighted by molar-refractivity contribution is 6.18. The van der Waals surface area contributed by atoms with Gasteiger partial charge in [0.1, 0.15) is 0 Å². The number of halogens is 3. The van der Waals surface area contributed by atoms with Gasteiger partial charge in [-0.25, -0.2) is 0 Å². The summed E-state index contributed by atoms with van der Waals surface area (Å²) in [6.45, 7) is 0. The number of fused-ring (bicyclic) bond motifs is 2. The van der Waals surface area contributed by atoms with Gasteiger partial charge < -0.3 is 0 Å². The van der Waals surface area contributed by atoms with Crippen molar-refractivity contribution in [3.05, 3.63) is 143 Å². The molecular formula is C31H19F3. The first-order valence-electron chi connectivity index (χ1n) is 11.1. The van der Waals surface area contributed by atoms with Crippen molar-refractivity contribution in [1.82, 2.24) is 0 Å². The van der Waals surface area contributed by atoms with Crippen molar-refractivity contribution in [2.24, 2.45) is 0 Å². The summed E-state index contributed by atoms with van der Waals surface area (Å²) < 4.78 is 41.7. The minimum atomic E-state index is -4.44. The topological polar surface area (TPSA) is 0 Å². The predicted molar refractivity (Wildman–Crippen MR) is 132 cm³/mol. The summed E-state index contributed by atoms with van der Waals surface area (Å²) in [5.74, 6) is 0. The van der Waals surface area contributed by atoms with Gasteiger partial charge in [-0.1, -0.05) is 103 Å². The first kappa shape index (κ1) is 20.5. The van der Waals surface area contributed by atoms with E-state index >= 15 is 0 Å². The molecule has 0 aromatic heterocycles. The van der Waals surface area contributed by atoms with Gasteiger partial charge in [0, 0.05) is 0 Å². The molecule has 0 aliphatic heterocycles. The third kappa shape index (κ3) is 3.24. The molecular weight excluding hydrogens is 429 g/mol. The number of rotatable bonds is 2. The lowest BCUT2D eigenvalue weighted by atomic mass is 9.85. The minimum Gasteiger partial charge on any atom is -0.166 e. The molecule has 6 rings (SSSR count). The standard InChI is InChI=1S/C31H19F3/c32-31(33,34)23-17-18-24-25-15-7-13-20-14-8-16-26(28(20)25)29(21-9-3-1-4-10-21)30(27(24)19-23)22-11-5-2-6-12-22/h1-19H. The smallest absolute Gasteiger partial charge is 0.166 e. The van der Waals surface area contributed by atoms with E-state index in [1.54, 1.807) is 6.07 Å². The first-order valence-corrected chi connectivity index (χ1v) is 11.1. The number of hydrogen-bond acceptors (Lipinski definition) is 0. The van der Waals surface area contributed by atoms with Gasteiger partial charge >= 0.3 is 6.18 Å². The summed E-state index contributed by atoms with van der Waals surface area (Å²) in [7, 11) is 0. The molecule has 3 heteroatoms. The fourth-order valence-electron chi connectivity index (χ4n) is 5.01. The Bertz CT molecular complexity index is 1550. The third-order valence-electron chi connectivity index (χ3n) is 6.46. The molecule has 0 N–H and O–H groups in total. The molecule has 0 fully saturated rings. The summed E-state index contributed by atoms with van der Waals surface area (Å²) in [6.07, 6.45) is -4.44. The molecule has 1 aliphatic carbocycles. The molecule has 0 bridgehead atoms. The Morgan fingerprint density at radius 2 is 1.00 bits per heavy atom. The van der Waals surface area contributed by atoms with E-state index < -0.39 is 11.7 Å². The fourth-order valence-corrected chi connectivity index (χ4v) is 5.01. The Balaban J connectivity index is 1.86. The lowest BCUT2D eigenvalue weighted by molar-refractivity contribution is -0.137. The number of benzene rings is 5. The van der Waals surface area contributed by atoms with Crippen molar-refractivity contribution in [2.75, 3.05) is 0 Å². The van der Waals surface area contributed by atoms with Crippen molar-refractivity contribution in [3.63, 3.8) is 0 Å². The molecule has 5 aromatic rings. The largest absolute Gasteiger partial charge is 0.416 e. The Morgan fingerprint density at radius 1 is 0.441 bits per heavy atom. The van der Waals surface area contributed by atoms with Crippen molar-refractivity contribution in [1.29, 1.82) is 0 Å². The van der Waals surface area contributed by atoms with E-state index in [9.17, 15) is 13.2 Å². The number of hydrogen-bond donors (Lipinski definition) is 0. The van der Waals surface area contributed by atoms with Crippen LogP contribution in [0, 0.1) is 0 Å². The quantitative estimate of drug-likeness (QED) is 0.248. The average molecular weight is 448 g/mol. The van der Waals surface area contributed by atoms with Gasteiger partial charge in [0.25, 0.3) is 0 Å². The molecule has 34 heavy (non-hydrogen) atoms. The summed E-state index contributed by atoms with van der Waals surface area (Å²) in [6, 6.07) is 36.0. The van der Waals surface area contributed by atoms with Crippen LogP contribution in [0.1, 0.15) is 27.8 Å². The molecule has 0 nitrogen and oxygen atoms in total. The Hall–Kier alpha value is -4.11. The van der Waals surface area contributed by atoms with E-state index in [0.29, 0.717) is 5.56 Å². The van der Waals surface area contributed by atoms with Crippen LogP contribution >= 0.6 is 0 Å². The second kappa shape index (κ2) is 7.74. The summed E-state index contributed by atoms with van der Waals surface area (Å²) in [5, 5.41) is 2.11. The summed E-state index contributed by atoms with van der Waals surface area (Å²) >= 11 is 0. The van der Waals surface area contributed by atoms with Crippen LogP contribution in [0.5, 0.6) is 0 Å². The van der Waals surface area contributed by atoms with E-state index in [-0.39, 0.29) is 0 Å². The Morgan fingerprint density at radius 3 is 1.59 bits per heavy atom. The van der Waals surface area contributed by atoms with Gasteiger partial charge in [-0.3, -0.25) is 0 Å². The highest BCUT2D eigenvalue weighted by Gasteiger charge is 2.33. The van der Waals surface area contributed by atoms with Crippen molar-refractivity contribution in [2.45, 2.75) is 6.18 Å². The Labute approximate surface area is 195 Å². The second-order valence-corrected chi connectivity index (χ2v) is 8.45. The zero-order valence-electron chi connectivity index (χ0n) is 18.1. The molecule has 5 aromatic carbocycles. The van der Waals surface area contributed by atoms with Crippen LogP contribution in [0.3, 0.4) is 0 Å². The van der Waals surface area contributed by atoms with Gasteiger partial charge in [0.05, 0.1) is 5.56 Å². The molecule has 0 spiro atoms. The Kier molecular flexibility index (Phi) is 4.66. The van der Waals surface area contributed by atoms with Gasteiger partial charge in [0.15, 0.2) is 0 Å². The SMILES string of the molecule is FC(F)(F)c1ccc2c(c1)C(c1ccccc1)=C(c1ccccc1)c1cccc3cccc-2c13. The first-order chi connectivity index (χ1) is 16.5. The maximum atomic E-state index is 13.9. The van der Waals surface area contributed by atoms with E-state index in [2.05, 4.69) is 18.2 Å². The summed E-state index contributed by atoms with van der Waals surface area (Å²) in [5.41, 5.74) is 6.28. The van der Waals surface area contributed by atoms with Crippen molar-refractivity contribution >= 4 is 21.9 Å². The molecule has 0 atom stereocenters. The van der Waals surface area contributed by atoms with Crippen LogP contribution in [0.2, 0.25) is 0 Å². The van der Waals surface area contributed by atoms with E-state index in [1.807, 2.05) is 78.9 Å². The molecule has 0 saturated carbocycles. The van der Waals surface area contributed by atoms with Crippen LogP contribution in [0.15, 0.2) is 115 Å². The predicted octanol–water partition coefficient (Wildman–Crippen LogP) is 8.85. The zero-order chi connectivity index (χ0) is 23.3. The van der Waals surface area contributed by atoms with Gasteiger partial charge in [-0.2, -0.15) is 13.2 Å². The van der Waals surface area contributed by atoms with Crippen LogP contribution in [0.25, 0.3) is 33.0 Å².